The first-order valence-corrected chi connectivity index (χ1v) is 10.4. The molecule has 0 bridgehead atoms. The molecule has 1 fully saturated rings. The van der Waals surface area contributed by atoms with E-state index in [9.17, 15) is 13.2 Å². The molecule has 9 heteroatoms. The number of thiophene rings is 1. The average molecular weight is 384 g/mol. The third kappa shape index (κ3) is 3.63. The summed E-state index contributed by atoms with van der Waals surface area (Å²) in [4.78, 5) is 12.3. The zero-order chi connectivity index (χ0) is 18.0. The Morgan fingerprint density at radius 3 is 2.96 bits per heavy atom. The summed E-state index contributed by atoms with van der Waals surface area (Å²) in [6.45, 7) is 4.44. The minimum atomic E-state index is -3.52. The van der Waals surface area contributed by atoms with Crippen molar-refractivity contribution in [2.45, 2.75) is 43.4 Å². The standard InChI is InChI=1S/C16H20N2O5S2/c1-3-22-16(19)12-10-13(23-17-12)14-7-8-15(24-14)25(20,21)18-9-5-4-6-11(18)2/h7-8,10-11H,3-6,9H2,1-2H3. The summed E-state index contributed by atoms with van der Waals surface area (Å²) in [6, 6.07) is 4.71. The Kier molecular flexibility index (Phi) is 5.26. The first-order valence-electron chi connectivity index (χ1n) is 8.19. The number of piperidine rings is 1. The smallest absolute Gasteiger partial charge is 0.360 e. The van der Waals surface area contributed by atoms with Crippen LogP contribution in [-0.4, -0.2) is 43.0 Å². The third-order valence-corrected chi connectivity index (χ3v) is 7.70. The van der Waals surface area contributed by atoms with Gasteiger partial charge in [-0.05, 0) is 38.8 Å². The van der Waals surface area contributed by atoms with Crippen LogP contribution in [0.15, 0.2) is 26.9 Å². The highest BCUT2D eigenvalue weighted by Gasteiger charge is 2.32. The molecule has 1 atom stereocenters. The molecule has 1 aliphatic heterocycles. The SMILES string of the molecule is CCOC(=O)c1cc(-c2ccc(S(=O)(=O)N3CCCCC3C)s2)on1. The van der Waals surface area contributed by atoms with Gasteiger partial charge in [-0.15, -0.1) is 11.3 Å². The Morgan fingerprint density at radius 1 is 1.44 bits per heavy atom. The molecule has 3 heterocycles. The Hall–Kier alpha value is -1.71. The number of hydrogen-bond donors (Lipinski definition) is 0. The van der Waals surface area contributed by atoms with Gasteiger partial charge < -0.3 is 9.26 Å². The normalized spacial score (nSPS) is 19.0. The first kappa shape index (κ1) is 18.1. The van der Waals surface area contributed by atoms with Crippen LogP contribution >= 0.6 is 11.3 Å². The van der Waals surface area contributed by atoms with E-state index in [4.69, 9.17) is 9.26 Å². The van der Waals surface area contributed by atoms with Crippen molar-refractivity contribution in [1.29, 1.82) is 0 Å². The maximum atomic E-state index is 12.9. The first-order chi connectivity index (χ1) is 11.9. The zero-order valence-electron chi connectivity index (χ0n) is 14.1. The van der Waals surface area contributed by atoms with Crippen molar-refractivity contribution in [1.82, 2.24) is 9.46 Å². The van der Waals surface area contributed by atoms with Crippen LogP contribution in [0.5, 0.6) is 0 Å². The fourth-order valence-electron chi connectivity index (χ4n) is 2.83. The van der Waals surface area contributed by atoms with E-state index in [1.807, 2.05) is 6.92 Å². The van der Waals surface area contributed by atoms with Crippen LogP contribution in [0.3, 0.4) is 0 Å². The molecule has 0 N–H and O–H groups in total. The van der Waals surface area contributed by atoms with Crippen LogP contribution in [-0.2, 0) is 14.8 Å². The van der Waals surface area contributed by atoms with Gasteiger partial charge in [0.2, 0.25) is 0 Å². The molecule has 25 heavy (non-hydrogen) atoms. The van der Waals surface area contributed by atoms with Gasteiger partial charge in [0.05, 0.1) is 11.5 Å². The van der Waals surface area contributed by atoms with E-state index < -0.39 is 16.0 Å². The van der Waals surface area contributed by atoms with Gasteiger partial charge in [0.15, 0.2) is 11.5 Å². The molecular weight excluding hydrogens is 364 g/mol. The van der Waals surface area contributed by atoms with E-state index in [1.165, 1.54) is 6.07 Å². The minimum absolute atomic E-state index is 0.00463. The van der Waals surface area contributed by atoms with Gasteiger partial charge in [-0.2, -0.15) is 4.31 Å². The summed E-state index contributed by atoms with van der Waals surface area (Å²) < 4.78 is 37.6. The van der Waals surface area contributed by atoms with E-state index in [2.05, 4.69) is 5.16 Å². The fraction of sp³-hybridized carbons (Fsp3) is 0.500. The fourth-order valence-corrected chi connectivity index (χ4v) is 5.91. The second-order valence-corrected chi connectivity index (χ2v) is 9.08. The second-order valence-electron chi connectivity index (χ2n) is 5.88. The number of sulfonamides is 1. The summed E-state index contributed by atoms with van der Waals surface area (Å²) in [5, 5.41) is 3.68. The molecular formula is C16H20N2O5S2. The molecule has 1 unspecified atom stereocenters. The van der Waals surface area contributed by atoms with Gasteiger partial charge >= 0.3 is 5.97 Å². The molecule has 1 saturated heterocycles. The van der Waals surface area contributed by atoms with Crippen molar-refractivity contribution in [2.75, 3.05) is 13.2 Å². The number of rotatable bonds is 5. The number of carbonyl (C=O) groups is 1. The summed E-state index contributed by atoms with van der Waals surface area (Å²) in [7, 11) is -3.52. The molecule has 0 saturated carbocycles. The van der Waals surface area contributed by atoms with E-state index in [-0.39, 0.29) is 22.6 Å². The number of ether oxygens (including phenoxy) is 1. The van der Waals surface area contributed by atoms with Gasteiger partial charge in [0.25, 0.3) is 10.0 Å². The Labute approximate surface area is 150 Å². The van der Waals surface area contributed by atoms with E-state index in [0.29, 0.717) is 17.2 Å². The quantitative estimate of drug-likeness (QED) is 0.736. The Morgan fingerprint density at radius 2 is 2.24 bits per heavy atom. The van der Waals surface area contributed by atoms with Gasteiger partial charge in [-0.3, -0.25) is 0 Å². The van der Waals surface area contributed by atoms with Crippen molar-refractivity contribution in [2.24, 2.45) is 0 Å². The lowest BCUT2D eigenvalue weighted by atomic mass is 10.1. The summed E-state index contributed by atoms with van der Waals surface area (Å²) >= 11 is 1.11. The molecule has 2 aromatic rings. The molecule has 1 aliphatic rings. The van der Waals surface area contributed by atoms with E-state index >= 15 is 0 Å². The molecule has 0 radical (unpaired) electrons. The highest BCUT2D eigenvalue weighted by Crippen LogP contribution is 2.34. The predicted octanol–water partition coefficient (Wildman–Crippen LogP) is 3.14. The third-order valence-electron chi connectivity index (χ3n) is 4.12. The molecule has 0 amide bonds. The monoisotopic (exact) mass is 384 g/mol. The maximum absolute atomic E-state index is 12.9. The lowest BCUT2D eigenvalue weighted by molar-refractivity contribution is 0.0514. The second kappa shape index (κ2) is 7.27. The Balaban J connectivity index is 1.84. The van der Waals surface area contributed by atoms with Crippen LogP contribution in [0.25, 0.3) is 10.6 Å². The number of nitrogens with zero attached hydrogens (tertiary/aromatic N) is 2. The minimum Gasteiger partial charge on any atom is -0.461 e. The number of aromatic nitrogens is 1. The van der Waals surface area contributed by atoms with Gasteiger partial charge in [-0.1, -0.05) is 11.6 Å². The molecule has 3 rings (SSSR count). The summed E-state index contributed by atoms with van der Waals surface area (Å²) in [5.74, 6) is -0.217. The van der Waals surface area contributed by atoms with E-state index in [0.717, 1.165) is 30.6 Å². The highest BCUT2D eigenvalue weighted by molar-refractivity contribution is 7.91. The highest BCUT2D eigenvalue weighted by atomic mass is 32.2. The molecule has 7 nitrogen and oxygen atoms in total. The van der Waals surface area contributed by atoms with Crippen molar-refractivity contribution >= 4 is 27.3 Å². The summed E-state index contributed by atoms with van der Waals surface area (Å²) in [5.41, 5.74) is 0.0688. The van der Waals surface area contributed by atoms with Crippen molar-refractivity contribution in [3.05, 3.63) is 23.9 Å². The molecule has 0 aliphatic carbocycles. The maximum Gasteiger partial charge on any atom is 0.360 e. The van der Waals surface area contributed by atoms with E-state index in [1.54, 1.807) is 23.4 Å². The number of carbonyl (C=O) groups excluding carboxylic acids is 1. The van der Waals surface area contributed by atoms with Crippen LogP contribution in [0.4, 0.5) is 0 Å². The molecule has 0 aromatic carbocycles. The topological polar surface area (TPSA) is 89.7 Å². The van der Waals surface area contributed by atoms with Crippen molar-refractivity contribution in [3.8, 4) is 10.6 Å². The summed E-state index contributed by atoms with van der Waals surface area (Å²) in [6.07, 6.45) is 2.81. The molecule has 0 spiro atoms. The average Bonchev–Trinajstić information content (AvgIpc) is 3.25. The zero-order valence-corrected chi connectivity index (χ0v) is 15.7. The van der Waals surface area contributed by atoms with Crippen LogP contribution in [0, 0.1) is 0 Å². The molecule has 136 valence electrons. The number of esters is 1. The van der Waals surface area contributed by atoms with Crippen LogP contribution in [0.2, 0.25) is 0 Å². The number of hydrogen-bond acceptors (Lipinski definition) is 7. The van der Waals surface area contributed by atoms with Gasteiger partial charge in [0.1, 0.15) is 4.21 Å². The van der Waals surface area contributed by atoms with Gasteiger partial charge in [0, 0.05) is 18.7 Å². The molecule has 2 aromatic heterocycles. The van der Waals surface area contributed by atoms with Crippen LogP contribution in [0.1, 0.15) is 43.6 Å². The lowest BCUT2D eigenvalue weighted by Gasteiger charge is -2.31. The van der Waals surface area contributed by atoms with Crippen LogP contribution < -0.4 is 0 Å². The van der Waals surface area contributed by atoms with Gasteiger partial charge in [-0.25, -0.2) is 13.2 Å². The largest absolute Gasteiger partial charge is 0.461 e. The van der Waals surface area contributed by atoms with Crippen molar-refractivity contribution < 1.29 is 22.5 Å². The predicted molar refractivity (Wildman–Crippen MR) is 93.0 cm³/mol. The van der Waals surface area contributed by atoms with Crippen molar-refractivity contribution in [3.63, 3.8) is 0 Å². The Bertz CT molecular complexity index is 856. The lowest BCUT2D eigenvalue weighted by Crippen LogP contribution is -2.41.